The van der Waals surface area contributed by atoms with Gasteiger partial charge in [-0.05, 0) is 13.0 Å². The van der Waals surface area contributed by atoms with Gasteiger partial charge in [0.1, 0.15) is 4.88 Å². The highest BCUT2D eigenvalue weighted by atomic mass is 32.1. The van der Waals surface area contributed by atoms with E-state index in [1.807, 2.05) is 0 Å². The van der Waals surface area contributed by atoms with Crippen LogP contribution in [-0.2, 0) is 4.74 Å². The number of hydrogen-bond donors (Lipinski definition) is 0. The first-order chi connectivity index (χ1) is 9.63. The third-order valence-corrected chi connectivity index (χ3v) is 4.19. The van der Waals surface area contributed by atoms with Crippen LogP contribution >= 0.6 is 11.3 Å². The predicted octanol–water partition coefficient (Wildman–Crippen LogP) is 2.70. The molecule has 1 heterocycles. The molecule has 20 heavy (non-hydrogen) atoms. The van der Waals surface area contributed by atoms with Gasteiger partial charge in [-0.3, -0.25) is 9.59 Å². The summed E-state index contributed by atoms with van der Waals surface area (Å²) < 4.78 is 4.90. The van der Waals surface area contributed by atoms with Crippen molar-refractivity contribution in [3.63, 3.8) is 0 Å². The van der Waals surface area contributed by atoms with Gasteiger partial charge < -0.3 is 4.74 Å². The van der Waals surface area contributed by atoms with Crippen molar-refractivity contribution in [2.75, 3.05) is 6.61 Å². The number of thiophene rings is 1. The highest BCUT2D eigenvalue weighted by molar-refractivity contribution is 7.16. The van der Waals surface area contributed by atoms with Crippen LogP contribution in [0.15, 0.2) is 30.3 Å². The first-order valence-corrected chi connectivity index (χ1v) is 6.94. The van der Waals surface area contributed by atoms with Gasteiger partial charge in [0.05, 0.1) is 11.5 Å². The minimum Gasteiger partial charge on any atom is -0.462 e. The average Bonchev–Trinajstić information content (AvgIpc) is 2.91. The molecule has 0 aliphatic heterocycles. The average molecular weight is 286 g/mol. The van der Waals surface area contributed by atoms with E-state index in [0.29, 0.717) is 21.6 Å². The second kappa shape index (κ2) is 4.68. The minimum absolute atomic E-state index is 0.212. The molecule has 0 unspecified atom stereocenters. The van der Waals surface area contributed by atoms with Crippen molar-refractivity contribution >= 4 is 28.9 Å². The first-order valence-electron chi connectivity index (χ1n) is 6.13. The zero-order valence-electron chi connectivity index (χ0n) is 10.6. The summed E-state index contributed by atoms with van der Waals surface area (Å²) in [5, 5.41) is 0. The monoisotopic (exact) mass is 286 g/mol. The van der Waals surface area contributed by atoms with E-state index >= 15 is 0 Å². The number of ether oxygens (including phenoxy) is 1. The van der Waals surface area contributed by atoms with Crippen LogP contribution in [-0.4, -0.2) is 24.1 Å². The van der Waals surface area contributed by atoms with Crippen molar-refractivity contribution in [1.82, 2.24) is 0 Å². The molecule has 1 aromatic carbocycles. The molecule has 0 amide bonds. The van der Waals surface area contributed by atoms with Gasteiger partial charge in [0.2, 0.25) is 5.78 Å². The van der Waals surface area contributed by atoms with Gasteiger partial charge in [-0.1, -0.05) is 24.3 Å². The van der Waals surface area contributed by atoms with Gasteiger partial charge in [0.25, 0.3) is 0 Å². The topological polar surface area (TPSA) is 60.4 Å². The Morgan fingerprint density at radius 2 is 1.75 bits per heavy atom. The Morgan fingerprint density at radius 3 is 2.40 bits per heavy atom. The number of hydrogen-bond acceptors (Lipinski definition) is 5. The lowest BCUT2D eigenvalue weighted by molar-refractivity contribution is 0.0532. The van der Waals surface area contributed by atoms with E-state index in [9.17, 15) is 14.4 Å². The van der Waals surface area contributed by atoms with E-state index in [4.69, 9.17) is 4.74 Å². The van der Waals surface area contributed by atoms with E-state index < -0.39 is 5.97 Å². The number of carbonyl (C=O) groups excluding carboxylic acids is 3. The maximum atomic E-state index is 12.4. The number of carbonyl (C=O) groups is 3. The molecule has 4 nitrogen and oxygen atoms in total. The van der Waals surface area contributed by atoms with Crippen molar-refractivity contribution < 1.29 is 19.1 Å². The van der Waals surface area contributed by atoms with Crippen molar-refractivity contribution in [2.24, 2.45) is 0 Å². The summed E-state index contributed by atoms with van der Waals surface area (Å²) in [4.78, 5) is 37.0. The Balaban J connectivity index is 2.12. The lowest BCUT2D eigenvalue weighted by atomic mass is 9.89. The molecule has 0 N–H and O–H groups in total. The van der Waals surface area contributed by atoms with Crippen LogP contribution < -0.4 is 0 Å². The lowest BCUT2D eigenvalue weighted by Crippen LogP contribution is -2.18. The van der Waals surface area contributed by atoms with E-state index in [1.54, 1.807) is 31.2 Å². The predicted molar refractivity (Wildman–Crippen MR) is 73.6 cm³/mol. The summed E-state index contributed by atoms with van der Waals surface area (Å²) in [5.41, 5.74) is 1.07. The Labute approximate surface area is 119 Å². The number of esters is 1. The van der Waals surface area contributed by atoms with Gasteiger partial charge in [0, 0.05) is 16.7 Å². The van der Waals surface area contributed by atoms with Crippen LogP contribution in [0.3, 0.4) is 0 Å². The Bertz CT molecular complexity index is 690. The quantitative estimate of drug-likeness (QED) is 0.680. The maximum Gasteiger partial charge on any atom is 0.348 e. The Hall–Kier alpha value is -2.27. The fraction of sp³-hybridized carbons (Fsp3) is 0.133. The molecule has 0 saturated heterocycles. The molecule has 2 aromatic rings. The molecule has 1 aliphatic rings. The summed E-state index contributed by atoms with van der Waals surface area (Å²) in [6.07, 6.45) is 0. The highest BCUT2D eigenvalue weighted by Crippen LogP contribution is 2.33. The molecule has 0 fully saturated rings. The molecular weight excluding hydrogens is 276 g/mol. The van der Waals surface area contributed by atoms with Crippen LogP contribution in [0.1, 0.15) is 47.8 Å². The Morgan fingerprint density at radius 1 is 1.10 bits per heavy atom. The number of rotatable bonds is 2. The molecule has 1 aliphatic carbocycles. The second-order valence-corrected chi connectivity index (χ2v) is 5.33. The first kappa shape index (κ1) is 12.7. The standard InChI is InChI=1S/C15H10O4S/c1-2-19-15(18)11-7-10-12(16)8-5-3-4-6-9(8)13(17)14(10)20-11/h3-7H,2H2,1H3. The van der Waals surface area contributed by atoms with E-state index in [2.05, 4.69) is 0 Å². The van der Waals surface area contributed by atoms with Gasteiger partial charge in [-0.25, -0.2) is 4.79 Å². The van der Waals surface area contributed by atoms with E-state index in [1.165, 1.54) is 6.07 Å². The lowest BCUT2D eigenvalue weighted by Gasteiger charge is -2.12. The maximum absolute atomic E-state index is 12.4. The molecule has 100 valence electrons. The van der Waals surface area contributed by atoms with Crippen LogP contribution in [0.5, 0.6) is 0 Å². The third kappa shape index (κ3) is 1.78. The molecular formula is C15H10O4S. The van der Waals surface area contributed by atoms with Crippen molar-refractivity contribution in [3.8, 4) is 0 Å². The van der Waals surface area contributed by atoms with Crippen LogP contribution in [0.25, 0.3) is 0 Å². The smallest absolute Gasteiger partial charge is 0.348 e. The van der Waals surface area contributed by atoms with E-state index in [-0.39, 0.29) is 23.1 Å². The summed E-state index contributed by atoms with van der Waals surface area (Å²) in [6, 6.07) is 8.14. The van der Waals surface area contributed by atoms with Gasteiger partial charge in [0.15, 0.2) is 5.78 Å². The minimum atomic E-state index is -0.503. The van der Waals surface area contributed by atoms with Crippen molar-refractivity contribution in [3.05, 3.63) is 56.8 Å². The zero-order chi connectivity index (χ0) is 14.3. The second-order valence-electron chi connectivity index (χ2n) is 4.28. The molecule has 3 rings (SSSR count). The molecule has 0 spiro atoms. The molecule has 5 heteroatoms. The van der Waals surface area contributed by atoms with E-state index in [0.717, 1.165) is 11.3 Å². The van der Waals surface area contributed by atoms with Crippen molar-refractivity contribution in [2.45, 2.75) is 6.92 Å². The summed E-state index contributed by atoms with van der Waals surface area (Å²) in [6.45, 7) is 1.96. The van der Waals surface area contributed by atoms with Gasteiger partial charge in [-0.2, -0.15) is 0 Å². The summed E-state index contributed by atoms with van der Waals surface area (Å²) in [5.74, 6) is -0.936. The van der Waals surface area contributed by atoms with Gasteiger partial charge in [-0.15, -0.1) is 11.3 Å². The summed E-state index contributed by atoms with van der Waals surface area (Å²) in [7, 11) is 0. The molecule has 0 bridgehead atoms. The summed E-state index contributed by atoms with van der Waals surface area (Å²) >= 11 is 1.01. The number of fused-ring (bicyclic) bond motifs is 2. The molecule has 0 atom stereocenters. The fourth-order valence-electron chi connectivity index (χ4n) is 2.18. The van der Waals surface area contributed by atoms with Crippen LogP contribution in [0.2, 0.25) is 0 Å². The van der Waals surface area contributed by atoms with Crippen molar-refractivity contribution in [1.29, 1.82) is 0 Å². The van der Waals surface area contributed by atoms with Crippen LogP contribution in [0.4, 0.5) is 0 Å². The third-order valence-electron chi connectivity index (χ3n) is 3.08. The molecule has 0 saturated carbocycles. The molecule has 1 aromatic heterocycles. The normalized spacial score (nSPS) is 12.8. The Kier molecular flexibility index (Phi) is 2.99. The van der Waals surface area contributed by atoms with Crippen LogP contribution in [0, 0.1) is 0 Å². The highest BCUT2D eigenvalue weighted by Gasteiger charge is 2.32. The number of benzene rings is 1. The van der Waals surface area contributed by atoms with Gasteiger partial charge >= 0.3 is 5.97 Å². The SMILES string of the molecule is CCOC(=O)c1cc2c(s1)C(=O)c1ccccc1C2=O. The largest absolute Gasteiger partial charge is 0.462 e. The fourth-order valence-corrected chi connectivity index (χ4v) is 3.18. The number of ketones is 2. The molecule has 0 radical (unpaired) electrons. The zero-order valence-corrected chi connectivity index (χ0v) is 11.5.